The fraction of sp³-hybridized carbons (Fsp3) is 0.176. The number of amides is 1. The molecule has 1 atom stereocenters. The third kappa shape index (κ3) is 3.46. The van der Waals surface area contributed by atoms with Crippen molar-refractivity contribution < 1.29 is 14.5 Å². The van der Waals surface area contributed by atoms with Gasteiger partial charge >= 0.3 is 11.9 Å². The van der Waals surface area contributed by atoms with Crippen molar-refractivity contribution in [3.63, 3.8) is 0 Å². The van der Waals surface area contributed by atoms with Gasteiger partial charge in [0.1, 0.15) is 16.8 Å². The largest absolute Gasteiger partial charge is 0.479 e. The van der Waals surface area contributed by atoms with Gasteiger partial charge in [-0.1, -0.05) is 23.7 Å². The first-order valence-electron chi connectivity index (χ1n) is 7.26. The van der Waals surface area contributed by atoms with Gasteiger partial charge in [0.25, 0.3) is 0 Å². The monoisotopic (exact) mass is 330 g/mol. The average molecular weight is 331 g/mol. The number of hydrogen-bond donors (Lipinski definition) is 2. The van der Waals surface area contributed by atoms with Gasteiger partial charge in [-0.25, -0.2) is 15.3 Å². The Morgan fingerprint density at radius 3 is 2.83 bits per heavy atom. The van der Waals surface area contributed by atoms with Gasteiger partial charge < -0.3 is 4.74 Å². The number of aromatic amines is 2. The Morgan fingerprint density at radius 2 is 2.09 bits per heavy atom. The molecule has 1 heterocycles. The second kappa shape index (κ2) is 6.30. The summed E-state index contributed by atoms with van der Waals surface area (Å²) in [5, 5.41) is 3.42. The molecule has 3 N–H and O–H groups in total. The Hall–Kier alpha value is -2.53. The lowest BCUT2D eigenvalue weighted by Crippen LogP contribution is -2.32. The number of fused-ring (bicyclic) bond motifs is 1. The number of hydrogen-bond acceptors (Lipinski definition) is 2. The molecule has 1 amide bonds. The highest BCUT2D eigenvalue weighted by Gasteiger charge is 2.21. The molecule has 0 fully saturated rings. The number of aromatic nitrogens is 2. The Balaban J connectivity index is 1.69. The van der Waals surface area contributed by atoms with Crippen LogP contribution >= 0.6 is 11.6 Å². The summed E-state index contributed by atoms with van der Waals surface area (Å²) >= 11 is 5.92. The molecule has 0 saturated heterocycles. The predicted molar refractivity (Wildman–Crippen MR) is 89.8 cm³/mol. The summed E-state index contributed by atoms with van der Waals surface area (Å²) in [7, 11) is 0. The second-order valence-electron chi connectivity index (χ2n) is 5.33. The summed E-state index contributed by atoms with van der Waals surface area (Å²) in [6.45, 7) is 3.59. The summed E-state index contributed by atoms with van der Waals surface area (Å²) in [4.78, 5) is 18.5. The van der Waals surface area contributed by atoms with E-state index in [0.717, 1.165) is 16.6 Å². The van der Waals surface area contributed by atoms with E-state index in [0.29, 0.717) is 16.7 Å². The third-order valence-corrected chi connectivity index (χ3v) is 3.74. The lowest BCUT2D eigenvalue weighted by atomic mass is 10.2. The maximum Gasteiger partial charge on any atom is 0.360 e. The number of H-pyrrole nitrogens is 2. The Labute approximate surface area is 138 Å². The van der Waals surface area contributed by atoms with E-state index in [9.17, 15) is 4.79 Å². The van der Waals surface area contributed by atoms with Crippen molar-refractivity contribution in [3.05, 3.63) is 53.1 Å². The molecular formula is C17H17ClN3O2+. The fourth-order valence-electron chi connectivity index (χ4n) is 2.28. The van der Waals surface area contributed by atoms with E-state index in [1.165, 1.54) is 0 Å². The molecule has 0 bridgehead atoms. The van der Waals surface area contributed by atoms with Gasteiger partial charge in [0, 0.05) is 5.02 Å². The SMILES string of the molecule is Cc1cc(Cl)ccc1OC(C)C(=O)Nc1[nH]c2ccccc2[nH+]1. The summed E-state index contributed by atoms with van der Waals surface area (Å²) in [6, 6.07) is 13.0. The molecule has 0 aliphatic carbocycles. The second-order valence-corrected chi connectivity index (χ2v) is 5.77. The van der Waals surface area contributed by atoms with E-state index in [2.05, 4.69) is 15.3 Å². The number of para-hydroxylation sites is 2. The maximum absolute atomic E-state index is 12.3. The number of benzene rings is 2. The van der Waals surface area contributed by atoms with Crippen LogP contribution in [0.25, 0.3) is 11.0 Å². The number of imidazole rings is 1. The molecule has 0 aliphatic rings. The number of carbonyl (C=O) groups excluding carboxylic acids is 1. The number of carbonyl (C=O) groups is 1. The Bertz CT molecular complexity index is 827. The van der Waals surface area contributed by atoms with Gasteiger partial charge in [0.15, 0.2) is 6.10 Å². The molecular weight excluding hydrogens is 314 g/mol. The number of halogens is 1. The van der Waals surface area contributed by atoms with Crippen LogP contribution in [0.5, 0.6) is 5.75 Å². The molecule has 0 aliphatic heterocycles. The highest BCUT2D eigenvalue weighted by molar-refractivity contribution is 6.30. The van der Waals surface area contributed by atoms with Gasteiger partial charge in [-0.05, 0) is 49.7 Å². The van der Waals surface area contributed by atoms with Crippen LogP contribution in [-0.2, 0) is 4.79 Å². The molecule has 118 valence electrons. The third-order valence-electron chi connectivity index (χ3n) is 3.50. The van der Waals surface area contributed by atoms with Crippen molar-refractivity contribution in [1.29, 1.82) is 0 Å². The molecule has 5 nitrogen and oxygen atoms in total. The predicted octanol–water partition coefficient (Wildman–Crippen LogP) is 3.35. The van der Waals surface area contributed by atoms with Gasteiger partial charge in [-0.15, -0.1) is 0 Å². The van der Waals surface area contributed by atoms with E-state index in [1.54, 1.807) is 25.1 Å². The number of rotatable bonds is 4. The number of ether oxygens (including phenoxy) is 1. The summed E-state index contributed by atoms with van der Waals surface area (Å²) < 4.78 is 5.71. The van der Waals surface area contributed by atoms with Crippen LogP contribution in [-0.4, -0.2) is 17.0 Å². The van der Waals surface area contributed by atoms with Gasteiger partial charge in [-0.2, -0.15) is 0 Å². The van der Waals surface area contributed by atoms with Crippen molar-refractivity contribution in [1.82, 2.24) is 4.98 Å². The molecule has 1 aromatic heterocycles. The van der Waals surface area contributed by atoms with Crippen molar-refractivity contribution in [2.75, 3.05) is 5.32 Å². The molecule has 2 aromatic carbocycles. The normalized spacial score (nSPS) is 12.1. The molecule has 0 radical (unpaired) electrons. The minimum Gasteiger partial charge on any atom is -0.479 e. The minimum atomic E-state index is -0.644. The van der Waals surface area contributed by atoms with Gasteiger partial charge in [0.05, 0.1) is 0 Å². The van der Waals surface area contributed by atoms with Crippen molar-refractivity contribution in [3.8, 4) is 5.75 Å². The lowest BCUT2D eigenvalue weighted by molar-refractivity contribution is -0.326. The highest BCUT2D eigenvalue weighted by atomic mass is 35.5. The van der Waals surface area contributed by atoms with Crippen LogP contribution in [0.1, 0.15) is 12.5 Å². The van der Waals surface area contributed by atoms with E-state index in [-0.39, 0.29) is 5.91 Å². The zero-order chi connectivity index (χ0) is 16.4. The Morgan fingerprint density at radius 1 is 1.30 bits per heavy atom. The smallest absolute Gasteiger partial charge is 0.360 e. The van der Waals surface area contributed by atoms with Crippen LogP contribution in [0.3, 0.4) is 0 Å². The number of aryl methyl sites for hydroxylation is 1. The maximum atomic E-state index is 12.3. The molecule has 0 saturated carbocycles. The highest BCUT2D eigenvalue weighted by Crippen LogP contribution is 2.23. The zero-order valence-electron chi connectivity index (χ0n) is 12.8. The Kier molecular flexibility index (Phi) is 4.21. The standard InChI is InChI=1S/C17H16ClN3O2/c1-10-9-12(18)7-8-15(10)23-11(2)16(22)21-17-19-13-5-3-4-6-14(13)20-17/h3-9,11H,1-2H3,(H2,19,20,21,22)/p+1. The topological polar surface area (TPSA) is 68.3 Å². The van der Waals surface area contributed by atoms with Crippen molar-refractivity contribution >= 4 is 34.5 Å². The summed E-state index contributed by atoms with van der Waals surface area (Å²) in [5.74, 6) is 0.916. The van der Waals surface area contributed by atoms with E-state index >= 15 is 0 Å². The molecule has 1 unspecified atom stereocenters. The van der Waals surface area contributed by atoms with Crippen LogP contribution in [0, 0.1) is 6.92 Å². The van der Waals surface area contributed by atoms with Crippen molar-refractivity contribution in [2.24, 2.45) is 0 Å². The molecule has 3 rings (SSSR count). The molecule has 6 heteroatoms. The van der Waals surface area contributed by atoms with Crippen LogP contribution in [0.2, 0.25) is 5.02 Å². The van der Waals surface area contributed by atoms with E-state index in [4.69, 9.17) is 16.3 Å². The first-order chi connectivity index (χ1) is 11.0. The van der Waals surface area contributed by atoms with Gasteiger partial charge in [-0.3, -0.25) is 4.79 Å². The zero-order valence-corrected chi connectivity index (χ0v) is 13.6. The first kappa shape index (κ1) is 15.4. The van der Waals surface area contributed by atoms with Crippen LogP contribution in [0.15, 0.2) is 42.5 Å². The number of nitrogens with one attached hydrogen (secondary N) is 3. The lowest BCUT2D eigenvalue weighted by Gasteiger charge is -2.13. The molecule has 0 spiro atoms. The molecule has 3 aromatic rings. The van der Waals surface area contributed by atoms with Crippen LogP contribution < -0.4 is 15.0 Å². The summed E-state index contributed by atoms with van der Waals surface area (Å²) in [5.41, 5.74) is 2.73. The van der Waals surface area contributed by atoms with Crippen molar-refractivity contribution in [2.45, 2.75) is 20.0 Å². The quantitative estimate of drug-likeness (QED) is 0.770. The summed E-state index contributed by atoms with van der Waals surface area (Å²) in [6.07, 6.45) is -0.644. The molecule has 23 heavy (non-hydrogen) atoms. The fourth-order valence-corrected chi connectivity index (χ4v) is 2.50. The van der Waals surface area contributed by atoms with Gasteiger partial charge in [0.2, 0.25) is 0 Å². The average Bonchev–Trinajstić information content (AvgIpc) is 2.92. The van der Waals surface area contributed by atoms with E-state index in [1.807, 2.05) is 31.2 Å². The first-order valence-corrected chi connectivity index (χ1v) is 7.64. The van der Waals surface area contributed by atoms with E-state index < -0.39 is 6.10 Å². The minimum absolute atomic E-state index is 0.248. The van der Waals surface area contributed by atoms with Crippen LogP contribution in [0.4, 0.5) is 5.95 Å². The number of anilines is 1.